The Labute approximate surface area is 93.3 Å². The topological polar surface area (TPSA) is 38.3 Å². The third-order valence-corrected chi connectivity index (χ3v) is 2.98. The van der Waals surface area contributed by atoms with Gasteiger partial charge < -0.3 is 0 Å². The minimum absolute atomic E-state index is 0.00449. The molecule has 2 atom stereocenters. The molecule has 1 aromatic rings. The maximum Gasteiger partial charge on any atom is 0.247 e. The predicted molar refractivity (Wildman–Crippen MR) is 57.5 cm³/mol. The van der Waals surface area contributed by atoms with Crippen molar-refractivity contribution >= 4 is 17.5 Å². The van der Waals surface area contributed by atoms with Crippen LogP contribution in [0.5, 0.6) is 0 Å². The second-order valence-electron chi connectivity index (χ2n) is 3.64. The minimum Gasteiger partial charge on any atom is -0.277 e. The molecule has 80 valence electrons. The second-order valence-corrected chi connectivity index (χ2v) is 4.05. The number of hydroxylamine groups is 1. The van der Waals surface area contributed by atoms with Gasteiger partial charge in [0.2, 0.25) is 5.91 Å². The van der Waals surface area contributed by atoms with Crippen molar-refractivity contribution in [3.63, 3.8) is 0 Å². The molecule has 1 aliphatic carbocycles. The molecule has 2 unspecified atom stereocenters. The summed E-state index contributed by atoms with van der Waals surface area (Å²) in [7, 11) is 1.44. The summed E-state index contributed by atoms with van der Waals surface area (Å²) in [5.41, 5.74) is 3.40. The van der Waals surface area contributed by atoms with Crippen molar-refractivity contribution in [3.8, 4) is 0 Å². The van der Waals surface area contributed by atoms with Crippen LogP contribution in [0.15, 0.2) is 24.3 Å². The Bertz CT molecular complexity index is 381. The average molecular weight is 226 g/mol. The van der Waals surface area contributed by atoms with Crippen molar-refractivity contribution in [3.05, 3.63) is 34.9 Å². The van der Waals surface area contributed by atoms with Gasteiger partial charge in [0.15, 0.2) is 0 Å². The number of carbonyl (C=O) groups excluding carboxylic acids is 1. The van der Waals surface area contributed by atoms with E-state index in [2.05, 4.69) is 10.3 Å². The Kier molecular flexibility index (Phi) is 2.93. The van der Waals surface area contributed by atoms with Gasteiger partial charge in [-0.15, -0.1) is 0 Å². The molecule has 1 amide bonds. The smallest absolute Gasteiger partial charge is 0.247 e. The van der Waals surface area contributed by atoms with Crippen LogP contribution in [0.2, 0.25) is 5.02 Å². The van der Waals surface area contributed by atoms with Crippen molar-refractivity contribution in [2.24, 2.45) is 5.92 Å². The summed E-state index contributed by atoms with van der Waals surface area (Å²) in [6, 6.07) is 7.64. The summed E-state index contributed by atoms with van der Waals surface area (Å²) in [4.78, 5) is 16.0. The lowest BCUT2D eigenvalue weighted by Crippen LogP contribution is -2.23. The fourth-order valence-electron chi connectivity index (χ4n) is 1.78. The first-order valence-corrected chi connectivity index (χ1v) is 5.19. The third kappa shape index (κ3) is 2.13. The Morgan fingerprint density at radius 2 is 2.27 bits per heavy atom. The molecule has 1 saturated carbocycles. The van der Waals surface area contributed by atoms with E-state index >= 15 is 0 Å². The number of halogens is 1. The van der Waals surface area contributed by atoms with Gasteiger partial charge in [0.25, 0.3) is 0 Å². The second kappa shape index (κ2) is 4.21. The first kappa shape index (κ1) is 10.5. The van der Waals surface area contributed by atoms with E-state index in [4.69, 9.17) is 11.6 Å². The van der Waals surface area contributed by atoms with E-state index in [9.17, 15) is 4.79 Å². The lowest BCUT2D eigenvalue weighted by molar-refractivity contribution is -0.132. The molecule has 0 bridgehead atoms. The van der Waals surface area contributed by atoms with Gasteiger partial charge in [-0.3, -0.25) is 9.63 Å². The van der Waals surface area contributed by atoms with Gasteiger partial charge in [0, 0.05) is 10.9 Å². The first-order valence-electron chi connectivity index (χ1n) is 4.81. The highest BCUT2D eigenvalue weighted by molar-refractivity contribution is 6.31. The normalized spacial score (nSPS) is 23.6. The van der Waals surface area contributed by atoms with Crippen molar-refractivity contribution in [2.75, 3.05) is 7.11 Å². The van der Waals surface area contributed by atoms with Crippen LogP contribution in [0.3, 0.4) is 0 Å². The Morgan fingerprint density at radius 1 is 1.53 bits per heavy atom. The molecule has 1 N–H and O–H groups in total. The SMILES string of the molecule is CONC(=O)C1CC1c1ccccc1Cl. The summed E-state index contributed by atoms with van der Waals surface area (Å²) in [5, 5.41) is 0.732. The summed E-state index contributed by atoms with van der Waals surface area (Å²) in [6.07, 6.45) is 0.846. The zero-order valence-electron chi connectivity index (χ0n) is 8.37. The molecule has 1 aliphatic rings. The maximum atomic E-state index is 11.4. The molecule has 0 heterocycles. The molecule has 3 nitrogen and oxygen atoms in total. The van der Waals surface area contributed by atoms with Crippen LogP contribution in [0, 0.1) is 5.92 Å². The van der Waals surface area contributed by atoms with E-state index < -0.39 is 0 Å². The number of hydrogen-bond acceptors (Lipinski definition) is 2. The van der Waals surface area contributed by atoms with Gasteiger partial charge >= 0.3 is 0 Å². The van der Waals surface area contributed by atoms with Crippen LogP contribution < -0.4 is 5.48 Å². The minimum atomic E-state index is -0.0672. The lowest BCUT2D eigenvalue weighted by Gasteiger charge is -2.03. The molecule has 1 fully saturated rings. The Balaban J connectivity index is 2.05. The molecule has 2 rings (SSSR count). The molecule has 15 heavy (non-hydrogen) atoms. The third-order valence-electron chi connectivity index (χ3n) is 2.63. The molecule has 0 aliphatic heterocycles. The predicted octanol–water partition coefficient (Wildman–Crippen LogP) is 2.12. The number of hydrogen-bond donors (Lipinski definition) is 1. The standard InChI is InChI=1S/C11H12ClNO2/c1-15-13-11(14)9-6-8(9)7-4-2-3-5-10(7)12/h2-5,8-9H,6H2,1H3,(H,13,14). The largest absolute Gasteiger partial charge is 0.277 e. The monoisotopic (exact) mass is 225 g/mol. The molecule has 4 heteroatoms. The number of benzene rings is 1. The first-order chi connectivity index (χ1) is 7.24. The van der Waals surface area contributed by atoms with E-state index in [1.165, 1.54) is 7.11 Å². The summed E-state index contributed by atoms with van der Waals surface area (Å²) in [6.45, 7) is 0. The summed E-state index contributed by atoms with van der Waals surface area (Å²) >= 11 is 6.04. The number of carbonyl (C=O) groups is 1. The molecule has 0 radical (unpaired) electrons. The Morgan fingerprint density at radius 3 is 2.93 bits per heavy atom. The number of nitrogens with one attached hydrogen (secondary N) is 1. The van der Waals surface area contributed by atoms with Crippen LogP contribution in [-0.2, 0) is 9.63 Å². The van der Waals surface area contributed by atoms with Crippen LogP contribution in [0.25, 0.3) is 0 Å². The molecule has 0 spiro atoms. The maximum absolute atomic E-state index is 11.4. The molecule has 0 saturated heterocycles. The van der Waals surface area contributed by atoms with E-state index in [1.807, 2.05) is 24.3 Å². The summed E-state index contributed by atoms with van der Waals surface area (Å²) < 4.78 is 0. The highest BCUT2D eigenvalue weighted by Crippen LogP contribution is 2.49. The van der Waals surface area contributed by atoms with Crippen molar-refractivity contribution in [1.29, 1.82) is 0 Å². The van der Waals surface area contributed by atoms with Gasteiger partial charge in [0.1, 0.15) is 0 Å². The average Bonchev–Trinajstić information content (AvgIpc) is 2.98. The fourth-order valence-corrected chi connectivity index (χ4v) is 2.06. The van der Waals surface area contributed by atoms with E-state index in [0.717, 1.165) is 17.0 Å². The Hall–Kier alpha value is -1.06. The molecular formula is C11H12ClNO2. The van der Waals surface area contributed by atoms with Crippen molar-refractivity contribution < 1.29 is 9.63 Å². The van der Waals surface area contributed by atoms with Gasteiger partial charge in [0.05, 0.1) is 7.11 Å². The van der Waals surface area contributed by atoms with E-state index in [-0.39, 0.29) is 17.7 Å². The van der Waals surface area contributed by atoms with Crippen molar-refractivity contribution in [2.45, 2.75) is 12.3 Å². The van der Waals surface area contributed by atoms with E-state index in [1.54, 1.807) is 0 Å². The van der Waals surface area contributed by atoms with Crippen LogP contribution in [0.1, 0.15) is 17.9 Å². The number of amides is 1. The van der Waals surface area contributed by atoms with Crippen LogP contribution in [-0.4, -0.2) is 13.0 Å². The summed E-state index contributed by atoms with van der Waals surface area (Å²) in [5.74, 6) is 0.182. The highest BCUT2D eigenvalue weighted by atomic mass is 35.5. The lowest BCUT2D eigenvalue weighted by atomic mass is 10.1. The van der Waals surface area contributed by atoms with Gasteiger partial charge in [-0.2, -0.15) is 0 Å². The molecule has 1 aromatic carbocycles. The molecular weight excluding hydrogens is 214 g/mol. The zero-order valence-corrected chi connectivity index (χ0v) is 9.12. The van der Waals surface area contributed by atoms with Gasteiger partial charge in [-0.1, -0.05) is 29.8 Å². The van der Waals surface area contributed by atoms with Crippen LogP contribution in [0.4, 0.5) is 0 Å². The fraction of sp³-hybridized carbons (Fsp3) is 0.364. The van der Waals surface area contributed by atoms with Gasteiger partial charge in [-0.25, -0.2) is 5.48 Å². The van der Waals surface area contributed by atoms with Crippen molar-refractivity contribution in [1.82, 2.24) is 5.48 Å². The number of rotatable bonds is 3. The molecule has 0 aromatic heterocycles. The quantitative estimate of drug-likeness (QED) is 0.801. The van der Waals surface area contributed by atoms with E-state index in [0.29, 0.717) is 0 Å². The zero-order chi connectivity index (χ0) is 10.8. The van der Waals surface area contributed by atoms with Crippen LogP contribution >= 0.6 is 11.6 Å². The highest BCUT2D eigenvalue weighted by Gasteiger charge is 2.44. The van der Waals surface area contributed by atoms with Gasteiger partial charge in [-0.05, 0) is 24.0 Å².